The Kier molecular flexibility index (Phi) is 3.19. The molecule has 1 saturated carbocycles. The minimum atomic E-state index is -1.12. The van der Waals surface area contributed by atoms with E-state index in [4.69, 9.17) is 10.0 Å². The molecule has 2 N–H and O–H groups in total. The summed E-state index contributed by atoms with van der Waals surface area (Å²) >= 11 is 0. The van der Waals surface area contributed by atoms with Gasteiger partial charge < -0.3 is 10.0 Å². The third-order valence-corrected chi connectivity index (χ3v) is 3.21. The van der Waals surface area contributed by atoms with Crippen molar-refractivity contribution in [3.8, 4) is 0 Å². The highest BCUT2D eigenvalue weighted by Gasteiger charge is 2.38. The molecule has 0 amide bonds. The fraction of sp³-hybridized carbons (Fsp3) is 1.00. The molecule has 0 heterocycles. The van der Waals surface area contributed by atoms with Crippen molar-refractivity contribution in [2.45, 2.75) is 39.4 Å². The summed E-state index contributed by atoms with van der Waals surface area (Å²) in [5.41, 5.74) is 0. The van der Waals surface area contributed by atoms with Gasteiger partial charge in [-0.3, -0.25) is 0 Å². The van der Waals surface area contributed by atoms with Gasteiger partial charge in [0.25, 0.3) is 0 Å². The molecule has 0 aliphatic heterocycles. The summed E-state index contributed by atoms with van der Waals surface area (Å²) in [6.45, 7) is 6.49. The lowest BCUT2D eigenvalue weighted by atomic mass is 9.54. The average Bonchev–Trinajstić information content (AvgIpc) is 1.82. The molecule has 3 heteroatoms. The lowest BCUT2D eigenvalue weighted by Crippen LogP contribution is -2.35. The SMILES string of the molecule is CC1CC(C)C(B(O)O)C(C)C1. The molecule has 0 aromatic carbocycles. The molecular weight excluding hydrogens is 151 g/mol. The van der Waals surface area contributed by atoms with E-state index in [2.05, 4.69) is 20.8 Å². The monoisotopic (exact) mass is 170 g/mol. The Balaban J connectivity index is 2.60. The van der Waals surface area contributed by atoms with Crippen LogP contribution in [0.3, 0.4) is 0 Å². The van der Waals surface area contributed by atoms with Crippen LogP contribution in [0.25, 0.3) is 0 Å². The van der Waals surface area contributed by atoms with Crippen LogP contribution in [0.1, 0.15) is 33.6 Å². The van der Waals surface area contributed by atoms with E-state index >= 15 is 0 Å². The zero-order valence-electron chi connectivity index (χ0n) is 8.20. The molecule has 0 saturated heterocycles. The molecule has 0 bridgehead atoms. The van der Waals surface area contributed by atoms with Crippen molar-refractivity contribution in [1.29, 1.82) is 0 Å². The zero-order chi connectivity index (χ0) is 9.30. The highest BCUT2D eigenvalue weighted by atomic mass is 16.4. The van der Waals surface area contributed by atoms with Gasteiger partial charge >= 0.3 is 7.12 Å². The van der Waals surface area contributed by atoms with Gasteiger partial charge in [-0.2, -0.15) is 0 Å². The second-order valence-electron chi connectivity index (χ2n) is 4.52. The Hall–Kier alpha value is -0.0151. The van der Waals surface area contributed by atoms with Gasteiger partial charge in [0.05, 0.1) is 0 Å². The average molecular weight is 170 g/mol. The summed E-state index contributed by atoms with van der Waals surface area (Å²) in [5, 5.41) is 18.3. The van der Waals surface area contributed by atoms with Gasteiger partial charge in [-0.15, -0.1) is 0 Å². The lowest BCUT2D eigenvalue weighted by Gasteiger charge is -2.37. The van der Waals surface area contributed by atoms with Gasteiger partial charge in [0.15, 0.2) is 0 Å². The third kappa shape index (κ3) is 2.02. The quantitative estimate of drug-likeness (QED) is 0.586. The Bertz CT molecular complexity index is 137. The molecule has 0 radical (unpaired) electrons. The van der Waals surface area contributed by atoms with Crippen molar-refractivity contribution >= 4 is 7.12 Å². The normalized spacial score (nSPS) is 42.8. The van der Waals surface area contributed by atoms with Crippen LogP contribution in [0, 0.1) is 17.8 Å². The fourth-order valence-electron chi connectivity index (χ4n) is 2.83. The summed E-state index contributed by atoms with van der Waals surface area (Å²) < 4.78 is 0. The Morgan fingerprint density at radius 1 is 1.00 bits per heavy atom. The van der Waals surface area contributed by atoms with E-state index in [9.17, 15) is 0 Å². The van der Waals surface area contributed by atoms with Gasteiger partial charge in [0.1, 0.15) is 0 Å². The molecule has 2 nitrogen and oxygen atoms in total. The third-order valence-electron chi connectivity index (χ3n) is 3.21. The summed E-state index contributed by atoms with van der Waals surface area (Å²) in [6.07, 6.45) is 2.26. The van der Waals surface area contributed by atoms with Crippen molar-refractivity contribution < 1.29 is 10.0 Å². The van der Waals surface area contributed by atoms with Crippen molar-refractivity contribution in [3.05, 3.63) is 0 Å². The van der Waals surface area contributed by atoms with Crippen molar-refractivity contribution in [1.82, 2.24) is 0 Å². The summed E-state index contributed by atoms with van der Waals surface area (Å²) in [5.74, 6) is 1.72. The summed E-state index contributed by atoms with van der Waals surface area (Å²) in [6, 6.07) is 0. The van der Waals surface area contributed by atoms with Crippen molar-refractivity contribution in [2.24, 2.45) is 17.8 Å². The standard InChI is InChI=1S/C9H19BO2/c1-6-4-7(2)9(10(11)12)8(3)5-6/h6-9,11-12H,4-5H2,1-3H3. The van der Waals surface area contributed by atoms with E-state index in [-0.39, 0.29) is 5.82 Å². The van der Waals surface area contributed by atoms with Crippen LogP contribution in [0.4, 0.5) is 0 Å². The number of hydrogen-bond donors (Lipinski definition) is 2. The zero-order valence-corrected chi connectivity index (χ0v) is 8.20. The predicted molar refractivity (Wildman–Crippen MR) is 50.7 cm³/mol. The van der Waals surface area contributed by atoms with Gasteiger partial charge in [0, 0.05) is 0 Å². The number of hydrogen-bond acceptors (Lipinski definition) is 2. The predicted octanol–water partition coefficient (Wildman–Crippen LogP) is 1.53. The highest BCUT2D eigenvalue weighted by molar-refractivity contribution is 6.43. The first-order valence-electron chi connectivity index (χ1n) is 4.88. The van der Waals surface area contributed by atoms with Gasteiger partial charge in [-0.25, -0.2) is 0 Å². The van der Waals surface area contributed by atoms with Gasteiger partial charge in [0.2, 0.25) is 0 Å². The Morgan fingerprint density at radius 2 is 1.42 bits per heavy atom. The maximum Gasteiger partial charge on any atom is 0.455 e. The summed E-state index contributed by atoms with van der Waals surface area (Å²) in [7, 11) is -1.12. The van der Waals surface area contributed by atoms with E-state index in [1.165, 1.54) is 0 Å². The van der Waals surface area contributed by atoms with E-state index < -0.39 is 7.12 Å². The van der Waals surface area contributed by atoms with Crippen LogP contribution in [-0.4, -0.2) is 17.2 Å². The van der Waals surface area contributed by atoms with E-state index in [1.54, 1.807) is 0 Å². The summed E-state index contributed by atoms with van der Waals surface area (Å²) in [4.78, 5) is 0. The van der Waals surface area contributed by atoms with Gasteiger partial charge in [-0.1, -0.05) is 20.8 Å². The molecule has 70 valence electrons. The largest absolute Gasteiger partial charge is 0.455 e. The smallest absolute Gasteiger partial charge is 0.427 e. The maximum atomic E-state index is 9.16. The molecular formula is C9H19BO2. The second-order valence-corrected chi connectivity index (χ2v) is 4.52. The van der Waals surface area contributed by atoms with Crippen molar-refractivity contribution in [2.75, 3.05) is 0 Å². The first-order valence-corrected chi connectivity index (χ1v) is 4.88. The molecule has 12 heavy (non-hydrogen) atoms. The lowest BCUT2D eigenvalue weighted by molar-refractivity contribution is 0.199. The van der Waals surface area contributed by atoms with Gasteiger partial charge in [-0.05, 0) is 36.4 Å². The van der Waals surface area contributed by atoms with Crippen LogP contribution >= 0.6 is 0 Å². The maximum absolute atomic E-state index is 9.16. The molecule has 0 aromatic heterocycles. The second kappa shape index (κ2) is 3.80. The molecule has 1 fully saturated rings. The Labute approximate surface area is 75.1 Å². The van der Waals surface area contributed by atoms with Crippen LogP contribution in [0.2, 0.25) is 5.82 Å². The van der Waals surface area contributed by atoms with E-state index in [0.717, 1.165) is 18.8 Å². The Morgan fingerprint density at radius 3 is 1.75 bits per heavy atom. The van der Waals surface area contributed by atoms with E-state index in [1.807, 2.05) is 0 Å². The molecule has 0 spiro atoms. The topological polar surface area (TPSA) is 40.5 Å². The molecule has 1 aliphatic carbocycles. The van der Waals surface area contributed by atoms with Crippen LogP contribution in [-0.2, 0) is 0 Å². The van der Waals surface area contributed by atoms with Crippen LogP contribution in [0.5, 0.6) is 0 Å². The molecule has 0 aromatic rings. The highest BCUT2D eigenvalue weighted by Crippen LogP contribution is 2.42. The minimum absolute atomic E-state index is 0.0844. The van der Waals surface area contributed by atoms with Crippen LogP contribution in [0.15, 0.2) is 0 Å². The minimum Gasteiger partial charge on any atom is -0.427 e. The van der Waals surface area contributed by atoms with E-state index in [0.29, 0.717) is 11.8 Å². The first kappa shape index (κ1) is 10.1. The van der Waals surface area contributed by atoms with Crippen molar-refractivity contribution in [3.63, 3.8) is 0 Å². The fourth-order valence-corrected chi connectivity index (χ4v) is 2.83. The first-order chi connectivity index (χ1) is 5.52. The number of rotatable bonds is 1. The molecule has 1 rings (SSSR count). The van der Waals surface area contributed by atoms with Crippen LogP contribution < -0.4 is 0 Å². The molecule has 2 atom stereocenters. The molecule has 1 aliphatic rings. The molecule has 2 unspecified atom stereocenters.